The molecule has 1 aromatic rings. The largest absolute Gasteiger partial charge is 0.496 e. The molecule has 0 aromatic heterocycles. The molecule has 98 valence electrons. The molecule has 2 heteroatoms. The van der Waals surface area contributed by atoms with Crippen LogP contribution in [0.2, 0.25) is 0 Å². The van der Waals surface area contributed by atoms with Crippen LogP contribution in [0.4, 0.5) is 0 Å². The molecule has 0 saturated heterocycles. The Morgan fingerprint density at radius 3 is 2.89 bits per heavy atom. The molecule has 0 radical (unpaired) electrons. The molecular formula is C17H18O2. The van der Waals surface area contributed by atoms with Gasteiger partial charge >= 0.3 is 0 Å². The van der Waals surface area contributed by atoms with Crippen molar-refractivity contribution in [2.75, 3.05) is 7.11 Å². The van der Waals surface area contributed by atoms with Gasteiger partial charge in [-0.2, -0.15) is 0 Å². The number of carbonyl (C=O) groups excluding carboxylic acids is 1. The van der Waals surface area contributed by atoms with Gasteiger partial charge in [0.2, 0.25) is 0 Å². The van der Waals surface area contributed by atoms with Crippen molar-refractivity contribution in [2.24, 2.45) is 5.92 Å². The topological polar surface area (TPSA) is 26.3 Å². The van der Waals surface area contributed by atoms with Gasteiger partial charge in [-0.25, -0.2) is 0 Å². The molecule has 1 aromatic carbocycles. The highest BCUT2D eigenvalue weighted by Gasteiger charge is 2.52. The summed E-state index contributed by atoms with van der Waals surface area (Å²) in [5.41, 5.74) is 4.19. The Labute approximate surface area is 113 Å². The lowest BCUT2D eigenvalue weighted by Crippen LogP contribution is -2.39. The monoisotopic (exact) mass is 254 g/mol. The van der Waals surface area contributed by atoms with E-state index in [9.17, 15) is 4.79 Å². The van der Waals surface area contributed by atoms with Crippen molar-refractivity contribution in [3.8, 4) is 5.75 Å². The molecule has 3 aliphatic rings. The number of methoxy groups -OCH3 is 1. The fourth-order valence-electron chi connectivity index (χ4n) is 4.54. The van der Waals surface area contributed by atoms with E-state index < -0.39 is 0 Å². The first-order chi connectivity index (χ1) is 9.23. The molecule has 2 unspecified atom stereocenters. The third-order valence-electron chi connectivity index (χ3n) is 5.30. The molecule has 2 atom stereocenters. The number of benzene rings is 1. The maximum absolute atomic E-state index is 12.3. The summed E-state index contributed by atoms with van der Waals surface area (Å²) in [4.78, 5) is 12.3. The molecule has 0 amide bonds. The van der Waals surface area contributed by atoms with Crippen LogP contribution in [-0.4, -0.2) is 12.9 Å². The quantitative estimate of drug-likeness (QED) is 0.719. The SMILES string of the molecule is COc1cccc2c1CC(=O)CC21CC2=CCC1C2. The summed E-state index contributed by atoms with van der Waals surface area (Å²) in [5, 5.41) is 0. The Hall–Kier alpha value is -1.57. The Morgan fingerprint density at radius 1 is 1.32 bits per heavy atom. The van der Waals surface area contributed by atoms with E-state index in [0.717, 1.165) is 30.6 Å². The van der Waals surface area contributed by atoms with Crippen LogP contribution in [0.1, 0.15) is 36.8 Å². The highest BCUT2D eigenvalue weighted by Crippen LogP contribution is 2.58. The molecule has 2 nitrogen and oxygen atoms in total. The molecule has 0 N–H and O–H groups in total. The maximum atomic E-state index is 12.3. The number of hydrogen-bond acceptors (Lipinski definition) is 2. The first kappa shape index (κ1) is 11.3. The van der Waals surface area contributed by atoms with Gasteiger partial charge in [-0.3, -0.25) is 4.79 Å². The van der Waals surface area contributed by atoms with E-state index in [4.69, 9.17) is 4.74 Å². The second-order valence-corrected chi connectivity index (χ2v) is 6.21. The van der Waals surface area contributed by atoms with Gasteiger partial charge in [0.1, 0.15) is 11.5 Å². The molecule has 4 rings (SSSR count). The zero-order valence-corrected chi connectivity index (χ0v) is 11.2. The summed E-state index contributed by atoms with van der Waals surface area (Å²) in [7, 11) is 1.70. The van der Waals surface area contributed by atoms with Gasteiger partial charge in [0, 0.05) is 23.8 Å². The summed E-state index contributed by atoms with van der Waals surface area (Å²) in [6, 6.07) is 6.29. The Kier molecular flexibility index (Phi) is 2.21. The molecule has 19 heavy (non-hydrogen) atoms. The standard InChI is InChI=1S/C17H18O2/c1-19-16-4-2-3-15-14(16)8-13(18)10-17(15)9-11-5-6-12(17)7-11/h2-5,12H,6-10H2,1H3. The van der Waals surface area contributed by atoms with Gasteiger partial charge in [0.25, 0.3) is 0 Å². The van der Waals surface area contributed by atoms with E-state index in [1.165, 1.54) is 12.0 Å². The minimum atomic E-state index is 0.0866. The van der Waals surface area contributed by atoms with E-state index in [1.807, 2.05) is 6.07 Å². The van der Waals surface area contributed by atoms with Crippen LogP contribution in [0, 0.1) is 5.92 Å². The van der Waals surface area contributed by atoms with Crippen molar-refractivity contribution in [3.63, 3.8) is 0 Å². The summed E-state index contributed by atoms with van der Waals surface area (Å²) >= 11 is 0. The van der Waals surface area contributed by atoms with Crippen molar-refractivity contribution in [1.29, 1.82) is 0 Å². The fourth-order valence-corrected chi connectivity index (χ4v) is 4.54. The lowest BCUT2D eigenvalue weighted by atomic mass is 9.62. The summed E-state index contributed by atoms with van der Waals surface area (Å²) in [5.74, 6) is 1.91. The van der Waals surface area contributed by atoms with E-state index >= 15 is 0 Å². The van der Waals surface area contributed by atoms with E-state index in [1.54, 1.807) is 12.7 Å². The number of ether oxygens (including phenoxy) is 1. The first-order valence-corrected chi connectivity index (χ1v) is 7.09. The van der Waals surface area contributed by atoms with Gasteiger partial charge in [0.05, 0.1) is 7.11 Å². The fraction of sp³-hybridized carbons (Fsp3) is 0.471. The number of rotatable bonds is 1. The Bertz CT molecular complexity index is 599. The number of ketones is 1. The molecule has 1 fully saturated rings. The average Bonchev–Trinajstić information content (AvgIpc) is 2.99. The molecule has 1 spiro atoms. The van der Waals surface area contributed by atoms with Gasteiger partial charge in [0.15, 0.2) is 0 Å². The smallest absolute Gasteiger partial charge is 0.138 e. The molecular weight excluding hydrogens is 236 g/mol. The van der Waals surface area contributed by atoms with Crippen molar-refractivity contribution in [1.82, 2.24) is 0 Å². The van der Waals surface area contributed by atoms with Crippen LogP contribution in [0.25, 0.3) is 0 Å². The third-order valence-corrected chi connectivity index (χ3v) is 5.30. The minimum Gasteiger partial charge on any atom is -0.496 e. The lowest BCUT2D eigenvalue weighted by molar-refractivity contribution is -0.120. The number of fused-ring (bicyclic) bond motifs is 5. The van der Waals surface area contributed by atoms with E-state index in [-0.39, 0.29) is 5.41 Å². The number of carbonyl (C=O) groups is 1. The van der Waals surface area contributed by atoms with Crippen molar-refractivity contribution < 1.29 is 9.53 Å². The van der Waals surface area contributed by atoms with Gasteiger partial charge in [-0.15, -0.1) is 0 Å². The lowest BCUT2D eigenvalue weighted by Gasteiger charge is -2.41. The van der Waals surface area contributed by atoms with E-state index in [2.05, 4.69) is 18.2 Å². The first-order valence-electron chi connectivity index (χ1n) is 7.09. The number of hydrogen-bond donors (Lipinski definition) is 0. The van der Waals surface area contributed by atoms with Crippen LogP contribution in [0.15, 0.2) is 29.8 Å². The summed E-state index contributed by atoms with van der Waals surface area (Å²) in [6.07, 6.45) is 7.10. The maximum Gasteiger partial charge on any atom is 0.138 e. The number of allylic oxidation sites excluding steroid dienone is 2. The predicted molar refractivity (Wildman–Crippen MR) is 73.4 cm³/mol. The highest BCUT2D eigenvalue weighted by atomic mass is 16.5. The normalized spacial score (nSPS) is 31.5. The Balaban J connectivity index is 1.93. The van der Waals surface area contributed by atoms with Crippen molar-refractivity contribution >= 4 is 5.78 Å². The number of Topliss-reactive ketones (excluding diaryl/α,β-unsaturated/α-hetero) is 1. The van der Waals surface area contributed by atoms with Crippen LogP contribution in [0.3, 0.4) is 0 Å². The summed E-state index contributed by atoms with van der Waals surface area (Å²) in [6.45, 7) is 0. The van der Waals surface area contributed by atoms with E-state index in [0.29, 0.717) is 18.1 Å². The van der Waals surface area contributed by atoms with Crippen molar-refractivity contribution in [3.05, 3.63) is 41.0 Å². The second-order valence-electron chi connectivity index (χ2n) is 6.21. The molecule has 2 bridgehead atoms. The van der Waals surface area contributed by atoms with Crippen LogP contribution in [-0.2, 0) is 16.6 Å². The van der Waals surface area contributed by atoms with Gasteiger partial charge in [-0.05, 0) is 36.8 Å². The van der Waals surface area contributed by atoms with Crippen LogP contribution >= 0.6 is 0 Å². The average molecular weight is 254 g/mol. The predicted octanol–water partition coefficient (Wildman–Crippen LogP) is 3.19. The van der Waals surface area contributed by atoms with Crippen molar-refractivity contribution in [2.45, 2.75) is 37.5 Å². The van der Waals surface area contributed by atoms with Gasteiger partial charge in [-0.1, -0.05) is 23.8 Å². The third kappa shape index (κ3) is 1.40. The van der Waals surface area contributed by atoms with Crippen LogP contribution in [0.5, 0.6) is 5.75 Å². The highest BCUT2D eigenvalue weighted by molar-refractivity contribution is 5.86. The molecule has 0 aliphatic heterocycles. The van der Waals surface area contributed by atoms with Crippen LogP contribution < -0.4 is 4.74 Å². The summed E-state index contributed by atoms with van der Waals surface area (Å²) < 4.78 is 5.48. The van der Waals surface area contributed by atoms with Gasteiger partial charge < -0.3 is 4.74 Å². The Morgan fingerprint density at radius 2 is 2.21 bits per heavy atom. The second kappa shape index (κ2) is 3.72. The molecule has 0 heterocycles. The molecule has 1 saturated carbocycles. The zero-order valence-electron chi connectivity index (χ0n) is 11.2. The zero-order chi connectivity index (χ0) is 13.0. The molecule has 3 aliphatic carbocycles. The minimum absolute atomic E-state index is 0.0866.